The molecule has 0 aromatic carbocycles. The van der Waals surface area contributed by atoms with E-state index in [0.29, 0.717) is 0 Å². The van der Waals surface area contributed by atoms with E-state index in [-0.39, 0.29) is 0 Å². The van der Waals surface area contributed by atoms with Crippen LogP contribution in [0.3, 0.4) is 0 Å². The molecule has 1 saturated carbocycles. The average Bonchev–Trinajstić information content (AvgIpc) is 2.89. The third kappa shape index (κ3) is 4.65. The number of fused-ring (bicyclic) bond motifs is 1. The monoisotopic (exact) mass is 266 g/mol. The maximum absolute atomic E-state index is 2.40. The number of rotatable bonds is 2. The van der Waals surface area contributed by atoms with Gasteiger partial charge in [-0.2, -0.15) is 0 Å². The van der Waals surface area contributed by atoms with Gasteiger partial charge in [0.1, 0.15) is 0 Å². The molecule has 2 aliphatic carbocycles. The molecule has 0 heteroatoms. The first kappa shape index (κ1) is 18.7. The number of hydrogen-bond donors (Lipinski definition) is 0. The van der Waals surface area contributed by atoms with Crippen molar-refractivity contribution in [3.8, 4) is 0 Å². The Hall–Kier alpha value is -0.260. The van der Waals surface area contributed by atoms with Crippen molar-refractivity contribution in [1.82, 2.24) is 0 Å². The molecular formula is C19H38. The predicted octanol–water partition coefficient (Wildman–Crippen LogP) is 6.86. The summed E-state index contributed by atoms with van der Waals surface area (Å²) in [6.07, 6.45) is 7.35. The molecule has 2 rings (SSSR count). The first-order valence-electron chi connectivity index (χ1n) is 8.84. The van der Waals surface area contributed by atoms with E-state index in [4.69, 9.17) is 0 Å². The predicted molar refractivity (Wildman–Crippen MR) is 89.5 cm³/mol. The summed E-state index contributed by atoms with van der Waals surface area (Å²) in [4.78, 5) is 0. The van der Waals surface area contributed by atoms with Gasteiger partial charge in [-0.15, -0.1) is 0 Å². The Kier molecular flexibility index (Phi) is 9.48. The average molecular weight is 267 g/mol. The minimum absolute atomic E-state index is 0.781. The van der Waals surface area contributed by atoms with Gasteiger partial charge in [0.2, 0.25) is 0 Å². The Morgan fingerprint density at radius 1 is 0.789 bits per heavy atom. The third-order valence-electron chi connectivity index (χ3n) is 4.53. The van der Waals surface area contributed by atoms with E-state index >= 15 is 0 Å². The molecule has 0 aromatic heterocycles. The van der Waals surface area contributed by atoms with Gasteiger partial charge in [-0.05, 0) is 49.4 Å². The van der Waals surface area contributed by atoms with Gasteiger partial charge in [0.15, 0.2) is 0 Å². The van der Waals surface area contributed by atoms with Gasteiger partial charge < -0.3 is 0 Å². The standard InChI is InChI=1S/C15H26.2C2H6/c1-10(2)13-9-8-12-6-5-7-14(12)15(13)11(3)4;2*1-2/h10-12,14H,5-9H2,1-4H3;2*1-2H3. The summed E-state index contributed by atoms with van der Waals surface area (Å²) in [6.45, 7) is 17.6. The normalized spacial score (nSPS) is 25.6. The van der Waals surface area contributed by atoms with Crippen LogP contribution < -0.4 is 0 Å². The zero-order valence-corrected chi connectivity index (χ0v) is 14.8. The van der Waals surface area contributed by atoms with Gasteiger partial charge in [0.25, 0.3) is 0 Å². The van der Waals surface area contributed by atoms with E-state index < -0.39 is 0 Å². The van der Waals surface area contributed by atoms with Crippen LogP contribution in [0.15, 0.2) is 11.1 Å². The minimum atomic E-state index is 0.781. The molecule has 0 heterocycles. The second-order valence-corrected chi connectivity index (χ2v) is 6.13. The highest BCUT2D eigenvalue weighted by Gasteiger charge is 2.36. The molecule has 0 bridgehead atoms. The molecule has 0 amide bonds. The largest absolute Gasteiger partial charge is 0.0683 e. The molecule has 1 fully saturated rings. The lowest BCUT2D eigenvalue weighted by atomic mass is 9.70. The first-order chi connectivity index (χ1) is 9.11. The summed E-state index contributed by atoms with van der Waals surface area (Å²) < 4.78 is 0. The van der Waals surface area contributed by atoms with Crippen molar-refractivity contribution in [2.24, 2.45) is 23.7 Å². The van der Waals surface area contributed by atoms with Crippen LogP contribution in [0.25, 0.3) is 0 Å². The van der Waals surface area contributed by atoms with E-state index in [0.717, 1.165) is 23.7 Å². The molecule has 114 valence electrons. The molecule has 0 spiro atoms. The fraction of sp³-hybridized carbons (Fsp3) is 0.895. The Balaban J connectivity index is 0.000000741. The second kappa shape index (κ2) is 9.61. The molecule has 0 radical (unpaired) electrons. The van der Waals surface area contributed by atoms with Crippen LogP contribution in [-0.2, 0) is 0 Å². The molecule has 0 aromatic rings. The summed E-state index contributed by atoms with van der Waals surface area (Å²) in [5.41, 5.74) is 3.67. The van der Waals surface area contributed by atoms with Crippen molar-refractivity contribution in [3.63, 3.8) is 0 Å². The van der Waals surface area contributed by atoms with E-state index in [1.165, 1.54) is 32.1 Å². The zero-order valence-electron chi connectivity index (χ0n) is 14.8. The lowest BCUT2D eigenvalue weighted by molar-refractivity contribution is 0.345. The SMILES string of the molecule is CC.CC.CC(C)C1=C(C(C)C)C2CCCC2CC1. The molecule has 2 unspecified atom stereocenters. The summed E-state index contributed by atoms with van der Waals surface area (Å²) in [5.74, 6) is 3.58. The fourth-order valence-electron chi connectivity index (χ4n) is 3.94. The Bertz CT molecular complexity index is 257. The van der Waals surface area contributed by atoms with Crippen molar-refractivity contribution in [1.29, 1.82) is 0 Å². The number of allylic oxidation sites excluding steroid dienone is 2. The molecule has 0 aliphatic heterocycles. The third-order valence-corrected chi connectivity index (χ3v) is 4.53. The molecule has 2 atom stereocenters. The van der Waals surface area contributed by atoms with Crippen molar-refractivity contribution in [3.05, 3.63) is 11.1 Å². The number of hydrogen-bond acceptors (Lipinski definition) is 0. The van der Waals surface area contributed by atoms with Crippen molar-refractivity contribution in [2.45, 2.75) is 87.5 Å². The van der Waals surface area contributed by atoms with Crippen LogP contribution in [0.2, 0.25) is 0 Å². The highest BCUT2D eigenvalue weighted by Crippen LogP contribution is 2.48. The minimum Gasteiger partial charge on any atom is -0.0683 e. The van der Waals surface area contributed by atoms with Gasteiger partial charge in [0.05, 0.1) is 0 Å². The summed E-state index contributed by atoms with van der Waals surface area (Å²) in [5, 5.41) is 0. The Morgan fingerprint density at radius 2 is 1.37 bits per heavy atom. The highest BCUT2D eigenvalue weighted by molar-refractivity contribution is 5.25. The van der Waals surface area contributed by atoms with Gasteiger partial charge >= 0.3 is 0 Å². The smallest absolute Gasteiger partial charge is 0.0169 e. The molecule has 0 saturated heterocycles. The Morgan fingerprint density at radius 3 is 1.84 bits per heavy atom. The molecule has 19 heavy (non-hydrogen) atoms. The van der Waals surface area contributed by atoms with Crippen molar-refractivity contribution >= 4 is 0 Å². The van der Waals surface area contributed by atoms with E-state index in [2.05, 4.69) is 27.7 Å². The van der Waals surface area contributed by atoms with Gasteiger partial charge in [-0.1, -0.05) is 73.0 Å². The zero-order chi connectivity index (χ0) is 15.0. The topological polar surface area (TPSA) is 0 Å². The summed E-state index contributed by atoms with van der Waals surface area (Å²) >= 11 is 0. The summed E-state index contributed by atoms with van der Waals surface area (Å²) in [7, 11) is 0. The van der Waals surface area contributed by atoms with Crippen molar-refractivity contribution in [2.75, 3.05) is 0 Å². The van der Waals surface area contributed by atoms with E-state index in [1.807, 2.05) is 38.8 Å². The van der Waals surface area contributed by atoms with E-state index in [9.17, 15) is 0 Å². The van der Waals surface area contributed by atoms with Gasteiger partial charge in [-0.3, -0.25) is 0 Å². The summed E-state index contributed by atoms with van der Waals surface area (Å²) in [6, 6.07) is 0. The van der Waals surface area contributed by atoms with Crippen LogP contribution in [0, 0.1) is 23.7 Å². The van der Waals surface area contributed by atoms with Gasteiger partial charge in [0, 0.05) is 0 Å². The fourth-order valence-corrected chi connectivity index (χ4v) is 3.94. The van der Waals surface area contributed by atoms with Crippen molar-refractivity contribution < 1.29 is 0 Å². The Labute approximate surface area is 123 Å². The molecule has 0 N–H and O–H groups in total. The van der Waals surface area contributed by atoms with Crippen LogP contribution in [0.1, 0.15) is 87.5 Å². The highest BCUT2D eigenvalue weighted by atomic mass is 14.4. The van der Waals surface area contributed by atoms with Crippen LogP contribution in [0.4, 0.5) is 0 Å². The lowest BCUT2D eigenvalue weighted by Gasteiger charge is -2.35. The van der Waals surface area contributed by atoms with Gasteiger partial charge in [-0.25, -0.2) is 0 Å². The maximum atomic E-state index is 2.40. The van der Waals surface area contributed by atoms with Crippen LogP contribution in [-0.4, -0.2) is 0 Å². The second-order valence-electron chi connectivity index (χ2n) is 6.13. The molecule has 2 aliphatic rings. The first-order valence-corrected chi connectivity index (χ1v) is 8.84. The molecular weight excluding hydrogens is 228 g/mol. The molecule has 0 nitrogen and oxygen atoms in total. The van der Waals surface area contributed by atoms with E-state index in [1.54, 1.807) is 0 Å². The van der Waals surface area contributed by atoms with Crippen LogP contribution >= 0.6 is 0 Å². The van der Waals surface area contributed by atoms with Crippen LogP contribution in [0.5, 0.6) is 0 Å². The quantitative estimate of drug-likeness (QED) is 0.479. The lowest BCUT2D eigenvalue weighted by Crippen LogP contribution is -2.23. The maximum Gasteiger partial charge on any atom is -0.0169 e.